The summed E-state index contributed by atoms with van der Waals surface area (Å²) in [5, 5.41) is 8.45. The summed E-state index contributed by atoms with van der Waals surface area (Å²) in [5.41, 5.74) is 2.12. The monoisotopic (exact) mass is 544 g/mol. The fourth-order valence-corrected chi connectivity index (χ4v) is 4.39. The molecule has 0 aliphatic rings. The molecule has 6 aromatic rings. The number of nitrogens with zero attached hydrogens (tertiary/aromatic N) is 3. The zero-order valence-electron chi connectivity index (χ0n) is 22.0. The van der Waals surface area contributed by atoms with Gasteiger partial charge in [0.05, 0.1) is 29.6 Å². The molecule has 6 rings (SSSR count). The normalized spacial score (nSPS) is 11.2. The Labute approximate surface area is 234 Å². The van der Waals surface area contributed by atoms with Crippen LogP contribution < -0.4 is 20.3 Å². The van der Waals surface area contributed by atoms with E-state index in [4.69, 9.17) is 18.9 Å². The van der Waals surface area contributed by atoms with Gasteiger partial charge < -0.3 is 19.2 Å². The van der Waals surface area contributed by atoms with E-state index in [1.807, 2.05) is 48.5 Å². The summed E-state index contributed by atoms with van der Waals surface area (Å²) in [4.78, 5) is 30.5. The fourth-order valence-electron chi connectivity index (χ4n) is 4.39. The maximum absolute atomic E-state index is 13.6. The third-order valence-electron chi connectivity index (χ3n) is 6.32. The Hall–Kier alpha value is -5.70. The fraction of sp³-hybridized carbons (Fsp3) is 0.0625. The SMILES string of the molecule is COc1cccc2oc(-c3nc4ccccc4c(=O)n3N=Cc3cccc(OCC(=O)Nc4ccccc4)c3)cc12. The van der Waals surface area contributed by atoms with E-state index in [1.54, 1.807) is 61.7 Å². The van der Waals surface area contributed by atoms with Crippen molar-refractivity contribution in [3.63, 3.8) is 0 Å². The van der Waals surface area contributed by atoms with Crippen LogP contribution in [0.4, 0.5) is 5.69 Å². The van der Waals surface area contributed by atoms with Crippen LogP contribution in [0.15, 0.2) is 117 Å². The van der Waals surface area contributed by atoms with Crippen molar-refractivity contribution in [2.75, 3.05) is 19.0 Å². The Kier molecular flexibility index (Phi) is 6.98. The molecular weight excluding hydrogens is 520 g/mol. The molecule has 2 aromatic heterocycles. The Morgan fingerprint density at radius 3 is 2.61 bits per heavy atom. The Morgan fingerprint density at radius 2 is 1.76 bits per heavy atom. The average molecular weight is 545 g/mol. The van der Waals surface area contributed by atoms with E-state index in [9.17, 15) is 9.59 Å². The number of furan rings is 1. The number of rotatable bonds is 8. The van der Waals surface area contributed by atoms with Gasteiger partial charge in [0.2, 0.25) is 5.82 Å². The van der Waals surface area contributed by atoms with Gasteiger partial charge in [0.15, 0.2) is 12.4 Å². The van der Waals surface area contributed by atoms with E-state index in [0.717, 1.165) is 5.39 Å². The number of hydrogen-bond donors (Lipinski definition) is 1. The average Bonchev–Trinajstić information content (AvgIpc) is 3.45. The number of aromatic nitrogens is 2. The number of methoxy groups -OCH3 is 1. The first-order valence-electron chi connectivity index (χ1n) is 12.8. The molecule has 2 heterocycles. The number of anilines is 1. The van der Waals surface area contributed by atoms with Gasteiger partial charge >= 0.3 is 0 Å². The quantitative estimate of drug-likeness (QED) is 0.246. The van der Waals surface area contributed by atoms with E-state index < -0.39 is 0 Å². The smallest absolute Gasteiger partial charge is 0.282 e. The van der Waals surface area contributed by atoms with Gasteiger partial charge in [0.1, 0.15) is 17.1 Å². The van der Waals surface area contributed by atoms with Crippen LogP contribution in [-0.4, -0.2) is 35.5 Å². The van der Waals surface area contributed by atoms with Crippen molar-refractivity contribution in [3.8, 4) is 23.1 Å². The number of ether oxygens (including phenoxy) is 2. The second-order valence-electron chi connectivity index (χ2n) is 9.07. The molecule has 0 spiro atoms. The first-order chi connectivity index (χ1) is 20.1. The van der Waals surface area contributed by atoms with E-state index in [0.29, 0.717) is 45.0 Å². The molecule has 202 valence electrons. The molecule has 0 fully saturated rings. The van der Waals surface area contributed by atoms with Crippen molar-refractivity contribution < 1.29 is 18.7 Å². The van der Waals surface area contributed by atoms with Crippen LogP contribution >= 0.6 is 0 Å². The highest BCUT2D eigenvalue weighted by Crippen LogP contribution is 2.32. The number of fused-ring (bicyclic) bond motifs is 2. The van der Waals surface area contributed by atoms with Crippen molar-refractivity contribution in [1.29, 1.82) is 0 Å². The number of hydrogen-bond acceptors (Lipinski definition) is 7. The van der Waals surface area contributed by atoms with Crippen molar-refractivity contribution in [2.45, 2.75) is 0 Å². The third kappa shape index (κ3) is 5.41. The highest BCUT2D eigenvalue weighted by molar-refractivity contribution is 5.92. The van der Waals surface area contributed by atoms with E-state index in [1.165, 1.54) is 10.9 Å². The standard InChI is InChI=1S/C32H24N4O5/c1-39-27-15-8-16-28-25(27)18-29(41-28)31-35-26-14-6-5-13-24(26)32(38)36(31)33-19-21-9-7-12-23(17-21)40-20-30(37)34-22-10-3-2-4-11-22/h2-19H,20H2,1H3,(H,34,37). The Bertz CT molecular complexity index is 1960. The lowest BCUT2D eigenvalue weighted by atomic mass is 10.2. The molecule has 0 saturated carbocycles. The summed E-state index contributed by atoms with van der Waals surface area (Å²) < 4.78 is 18.4. The van der Waals surface area contributed by atoms with Crippen molar-refractivity contribution >= 4 is 39.7 Å². The van der Waals surface area contributed by atoms with E-state index in [2.05, 4.69) is 10.4 Å². The molecule has 9 heteroatoms. The number of nitrogens with one attached hydrogen (secondary N) is 1. The van der Waals surface area contributed by atoms with Gasteiger partial charge in [-0.2, -0.15) is 9.78 Å². The van der Waals surface area contributed by atoms with Crippen LogP contribution in [0.3, 0.4) is 0 Å². The molecule has 0 saturated heterocycles. The lowest BCUT2D eigenvalue weighted by Gasteiger charge is -2.08. The van der Waals surface area contributed by atoms with Crippen molar-refractivity contribution in [1.82, 2.24) is 9.66 Å². The van der Waals surface area contributed by atoms with Crippen LogP contribution in [0.1, 0.15) is 5.56 Å². The van der Waals surface area contributed by atoms with Crippen LogP contribution in [-0.2, 0) is 4.79 Å². The summed E-state index contributed by atoms with van der Waals surface area (Å²) in [6, 6.07) is 30.5. The predicted molar refractivity (Wildman–Crippen MR) is 158 cm³/mol. The topological polar surface area (TPSA) is 108 Å². The molecule has 1 amide bonds. The number of amides is 1. The zero-order chi connectivity index (χ0) is 28.2. The minimum absolute atomic E-state index is 0.163. The molecule has 0 bridgehead atoms. The lowest BCUT2D eigenvalue weighted by molar-refractivity contribution is -0.118. The molecule has 9 nitrogen and oxygen atoms in total. The van der Waals surface area contributed by atoms with Crippen molar-refractivity contribution in [2.24, 2.45) is 5.10 Å². The van der Waals surface area contributed by atoms with Gasteiger partial charge in [-0.1, -0.05) is 48.5 Å². The van der Waals surface area contributed by atoms with Crippen molar-refractivity contribution in [3.05, 3.63) is 119 Å². The molecule has 0 radical (unpaired) electrons. The van der Waals surface area contributed by atoms with Gasteiger partial charge in [-0.3, -0.25) is 9.59 Å². The third-order valence-corrected chi connectivity index (χ3v) is 6.32. The first kappa shape index (κ1) is 25.6. The van der Waals surface area contributed by atoms with Gasteiger partial charge in [-0.15, -0.1) is 0 Å². The number of carbonyl (C=O) groups excluding carboxylic acids is 1. The minimum atomic E-state index is -0.348. The molecule has 0 aliphatic heterocycles. The number of para-hydroxylation sites is 2. The largest absolute Gasteiger partial charge is 0.496 e. The minimum Gasteiger partial charge on any atom is -0.496 e. The highest BCUT2D eigenvalue weighted by atomic mass is 16.5. The summed E-state index contributed by atoms with van der Waals surface area (Å²) >= 11 is 0. The lowest BCUT2D eigenvalue weighted by Crippen LogP contribution is -2.20. The molecule has 0 unspecified atom stereocenters. The van der Waals surface area contributed by atoms with Gasteiger partial charge in [-0.25, -0.2) is 4.98 Å². The number of carbonyl (C=O) groups is 1. The van der Waals surface area contributed by atoms with Crippen LogP contribution in [0.5, 0.6) is 11.5 Å². The number of benzene rings is 4. The van der Waals surface area contributed by atoms with Gasteiger partial charge in [0, 0.05) is 5.69 Å². The Morgan fingerprint density at radius 1 is 0.951 bits per heavy atom. The summed E-state index contributed by atoms with van der Waals surface area (Å²) in [7, 11) is 1.59. The van der Waals surface area contributed by atoms with Crippen LogP contribution in [0, 0.1) is 0 Å². The van der Waals surface area contributed by atoms with Crippen LogP contribution in [0.25, 0.3) is 33.5 Å². The summed E-state index contributed by atoms with van der Waals surface area (Å²) in [6.07, 6.45) is 1.53. The molecular formula is C32H24N4O5. The van der Waals surface area contributed by atoms with E-state index >= 15 is 0 Å². The van der Waals surface area contributed by atoms with Gasteiger partial charge in [-0.05, 0) is 60.2 Å². The zero-order valence-corrected chi connectivity index (χ0v) is 22.0. The molecule has 0 aliphatic carbocycles. The summed E-state index contributed by atoms with van der Waals surface area (Å²) in [5.74, 6) is 1.45. The molecule has 0 atom stereocenters. The highest BCUT2D eigenvalue weighted by Gasteiger charge is 2.18. The molecule has 4 aromatic carbocycles. The molecule has 41 heavy (non-hydrogen) atoms. The summed E-state index contributed by atoms with van der Waals surface area (Å²) in [6.45, 7) is -0.163. The first-order valence-corrected chi connectivity index (χ1v) is 12.8. The van der Waals surface area contributed by atoms with Crippen LogP contribution in [0.2, 0.25) is 0 Å². The maximum atomic E-state index is 13.6. The predicted octanol–water partition coefficient (Wildman–Crippen LogP) is 5.72. The maximum Gasteiger partial charge on any atom is 0.282 e. The molecule has 1 N–H and O–H groups in total. The van der Waals surface area contributed by atoms with Gasteiger partial charge in [0.25, 0.3) is 11.5 Å². The van der Waals surface area contributed by atoms with E-state index in [-0.39, 0.29) is 23.9 Å². The second kappa shape index (κ2) is 11.2. The Balaban J connectivity index is 1.31. The second-order valence-corrected chi connectivity index (χ2v) is 9.07.